The lowest BCUT2D eigenvalue weighted by atomic mass is 9.99. The number of hydrogen-bond donors (Lipinski definition) is 2. The Morgan fingerprint density at radius 1 is 1.47 bits per heavy atom. The molecule has 0 fully saturated rings. The fourth-order valence-corrected chi connectivity index (χ4v) is 2.34. The Bertz CT molecular complexity index is 687. The minimum absolute atomic E-state index is 0.183. The average molecular weight is 258 g/mol. The third-order valence-electron chi connectivity index (χ3n) is 3.22. The molecule has 2 heterocycles. The number of rotatable bonds is 2. The maximum Gasteiger partial charge on any atom is 0.244 e. The van der Waals surface area contributed by atoms with Gasteiger partial charge in [-0.3, -0.25) is 4.79 Å². The fraction of sp³-hybridized carbons (Fsp3) is 0.308. The molecule has 0 amide bonds. The molecule has 3 rings (SSSR count). The Morgan fingerprint density at radius 3 is 2.95 bits per heavy atom. The topological polar surface area (TPSA) is 93.5 Å². The van der Waals surface area contributed by atoms with Crippen LogP contribution in [-0.4, -0.2) is 32.5 Å². The molecule has 1 aromatic carbocycles. The number of nitrogens with zero attached hydrogens (tertiary/aromatic N) is 3. The van der Waals surface area contributed by atoms with E-state index in [1.807, 2.05) is 24.3 Å². The van der Waals surface area contributed by atoms with Crippen LogP contribution in [0.3, 0.4) is 0 Å². The van der Waals surface area contributed by atoms with Gasteiger partial charge in [-0.05, 0) is 25.5 Å². The van der Waals surface area contributed by atoms with Crippen LogP contribution in [0.5, 0.6) is 0 Å². The van der Waals surface area contributed by atoms with Gasteiger partial charge in [-0.1, -0.05) is 12.1 Å². The van der Waals surface area contributed by atoms with E-state index in [4.69, 9.17) is 5.73 Å². The smallest absolute Gasteiger partial charge is 0.244 e. The van der Waals surface area contributed by atoms with Crippen molar-refractivity contribution in [3.8, 4) is 0 Å². The number of aliphatic imine (C=N–C) groups is 1. The number of hydrogen-bond acceptors (Lipinski definition) is 5. The van der Waals surface area contributed by atoms with E-state index >= 15 is 0 Å². The normalized spacial score (nSPS) is 20.2. The number of carbonyl (C=O) groups is 1. The molecule has 0 saturated heterocycles. The molecule has 6 heteroatoms. The second-order valence-electron chi connectivity index (χ2n) is 4.75. The summed E-state index contributed by atoms with van der Waals surface area (Å²) in [6.45, 7) is 1.63. The summed E-state index contributed by atoms with van der Waals surface area (Å²) in [7, 11) is 0. The summed E-state index contributed by atoms with van der Waals surface area (Å²) in [5.74, 6) is -0.249. The number of aromatic nitrogens is 2. The van der Waals surface area contributed by atoms with Crippen LogP contribution in [0.15, 0.2) is 29.3 Å². The average Bonchev–Trinajstić information content (AvgIpc) is 2.72. The highest BCUT2D eigenvalue weighted by atomic mass is 16.3. The van der Waals surface area contributed by atoms with Crippen molar-refractivity contribution in [3.63, 3.8) is 0 Å². The van der Waals surface area contributed by atoms with E-state index in [9.17, 15) is 9.90 Å². The van der Waals surface area contributed by atoms with Gasteiger partial charge in [0, 0.05) is 0 Å². The molecule has 2 aromatic rings. The Labute approximate surface area is 109 Å². The number of aliphatic hydroxyl groups is 1. The first kappa shape index (κ1) is 11.9. The molecule has 0 radical (unpaired) electrons. The standard InChI is InChI=1S/C13H14N4O2/c1-7(18)6-8-11(14)16-13-15-9-4-2-3-5-10(9)17(13)12(8)19/h2-5,7-8,18H,6H2,1H3,(H2,14,15,16). The number of fused-ring (bicyclic) bond motifs is 3. The zero-order chi connectivity index (χ0) is 13.6. The summed E-state index contributed by atoms with van der Waals surface area (Å²) in [5, 5.41) is 9.46. The van der Waals surface area contributed by atoms with E-state index in [0.29, 0.717) is 17.0 Å². The van der Waals surface area contributed by atoms with Crippen LogP contribution in [0.25, 0.3) is 11.0 Å². The fourth-order valence-electron chi connectivity index (χ4n) is 2.34. The van der Waals surface area contributed by atoms with Crippen LogP contribution in [0.1, 0.15) is 18.1 Å². The molecular weight excluding hydrogens is 244 g/mol. The summed E-state index contributed by atoms with van der Waals surface area (Å²) >= 11 is 0. The van der Waals surface area contributed by atoms with E-state index in [2.05, 4.69) is 9.98 Å². The van der Waals surface area contributed by atoms with Crippen LogP contribution in [0, 0.1) is 5.92 Å². The van der Waals surface area contributed by atoms with Gasteiger partial charge in [0.2, 0.25) is 11.9 Å². The number of imidazole rings is 1. The molecule has 3 N–H and O–H groups in total. The van der Waals surface area contributed by atoms with Gasteiger partial charge < -0.3 is 10.8 Å². The Kier molecular flexibility index (Phi) is 2.60. The number of carbonyl (C=O) groups excluding carboxylic acids is 1. The van der Waals surface area contributed by atoms with Crippen molar-refractivity contribution in [1.82, 2.24) is 9.55 Å². The molecule has 1 aromatic heterocycles. The number of nitrogens with two attached hydrogens (primary N) is 1. The lowest BCUT2D eigenvalue weighted by Crippen LogP contribution is -2.38. The minimum atomic E-state index is -0.612. The highest BCUT2D eigenvalue weighted by molar-refractivity contribution is 6.10. The first-order valence-electron chi connectivity index (χ1n) is 6.11. The predicted octanol–water partition coefficient (Wildman–Crippen LogP) is 1.07. The summed E-state index contributed by atoms with van der Waals surface area (Å²) in [4.78, 5) is 21.0. The van der Waals surface area contributed by atoms with Crippen LogP contribution in [0.4, 0.5) is 5.95 Å². The second-order valence-corrected chi connectivity index (χ2v) is 4.75. The van der Waals surface area contributed by atoms with Crippen LogP contribution < -0.4 is 5.73 Å². The van der Waals surface area contributed by atoms with Crippen molar-refractivity contribution >= 4 is 28.7 Å². The molecule has 98 valence electrons. The predicted molar refractivity (Wildman–Crippen MR) is 71.4 cm³/mol. The summed E-state index contributed by atoms with van der Waals surface area (Å²) in [5.41, 5.74) is 7.24. The third-order valence-corrected chi connectivity index (χ3v) is 3.22. The SMILES string of the molecule is CC(O)CC1C(=O)n2c(nc3ccccc32)N=C1N. The van der Waals surface area contributed by atoms with Crippen molar-refractivity contribution in [2.24, 2.45) is 16.6 Å². The maximum absolute atomic E-state index is 12.5. The van der Waals surface area contributed by atoms with Gasteiger partial charge in [-0.15, -0.1) is 0 Å². The molecule has 2 unspecified atom stereocenters. The van der Waals surface area contributed by atoms with Gasteiger partial charge >= 0.3 is 0 Å². The zero-order valence-corrected chi connectivity index (χ0v) is 10.4. The molecule has 0 bridgehead atoms. The molecule has 0 aliphatic carbocycles. The van der Waals surface area contributed by atoms with Crippen LogP contribution >= 0.6 is 0 Å². The minimum Gasteiger partial charge on any atom is -0.393 e. The number of aliphatic hydroxyl groups excluding tert-OH is 1. The summed E-state index contributed by atoms with van der Waals surface area (Å²) < 4.78 is 1.47. The largest absolute Gasteiger partial charge is 0.393 e. The quantitative estimate of drug-likeness (QED) is 0.842. The molecular formula is C13H14N4O2. The highest BCUT2D eigenvalue weighted by Gasteiger charge is 2.32. The van der Waals surface area contributed by atoms with E-state index in [1.165, 1.54) is 4.57 Å². The number of benzene rings is 1. The van der Waals surface area contributed by atoms with Crippen LogP contribution in [-0.2, 0) is 0 Å². The van der Waals surface area contributed by atoms with Crippen molar-refractivity contribution < 1.29 is 9.90 Å². The Balaban J connectivity index is 2.16. The maximum atomic E-state index is 12.5. The first-order chi connectivity index (χ1) is 9.08. The van der Waals surface area contributed by atoms with Gasteiger partial charge in [0.1, 0.15) is 5.84 Å². The monoisotopic (exact) mass is 258 g/mol. The number of para-hydroxylation sites is 2. The van der Waals surface area contributed by atoms with Crippen molar-refractivity contribution in [2.75, 3.05) is 0 Å². The molecule has 1 aliphatic rings. The van der Waals surface area contributed by atoms with E-state index in [-0.39, 0.29) is 18.2 Å². The third kappa shape index (κ3) is 1.80. The van der Waals surface area contributed by atoms with Gasteiger partial charge in [0.15, 0.2) is 0 Å². The van der Waals surface area contributed by atoms with E-state index < -0.39 is 12.0 Å². The van der Waals surface area contributed by atoms with E-state index in [0.717, 1.165) is 0 Å². The lowest BCUT2D eigenvalue weighted by Gasteiger charge is -2.21. The molecule has 0 saturated carbocycles. The molecule has 6 nitrogen and oxygen atoms in total. The van der Waals surface area contributed by atoms with Crippen molar-refractivity contribution in [2.45, 2.75) is 19.4 Å². The lowest BCUT2D eigenvalue weighted by molar-refractivity contribution is 0.0824. The van der Waals surface area contributed by atoms with Gasteiger partial charge in [0.05, 0.1) is 23.1 Å². The first-order valence-corrected chi connectivity index (χ1v) is 6.11. The Morgan fingerprint density at radius 2 is 2.21 bits per heavy atom. The van der Waals surface area contributed by atoms with Crippen LogP contribution in [0.2, 0.25) is 0 Å². The molecule has 0 spiro atoms. The Hall–Kier alpha value is -2.21. The van der Waals surface area contributed by atoms with Crippen molar-refractivity contribution in [3.05, 3.63) is 24.3 Å². The summed E-state index contributed by atoms with van der Waals surface area (Å²) in [6, 6.07) is 7.34. The number of amidine groups is 1. The second kappa shape index (κ2) is 4.17. The van der Waals surface area contributed by atoms with Crippen molar-refractivity contribution in [1.29, 1.82) is 0 Å². The van der Waals surface area contributed by atoms with E-state index in [1.54, 1.807) is 6.92 Å². The van der Waals surface area contributed by atoms with Gasteiger partial charge in [0.25, 0.3) is 0 Å². The molecule has 19 heavy (non-hydrogen) atoms. The molecule has 2 atom stereocenters. The zero-order valence-electron chi connectivity index (χ0n) is 10.4. The van der Waals surface area contributed by atoms with Gasteiger partial charge in [-0.25, -0.2) is 9.55 Å². The van der Waals surface area contributed by atoms with Gasteiger partial charge in [-0.2, -0.15) is 4.99 Å². The summed E-state index contributed by atoms with van der Waals surface area (Å²) in [6.07, 6.45) is -0.348. The highest BCUT2D eigenvalue weighted by Crippen LogP contribution is 2.28. The molecule has 1 aliphatic heterocycles.